The highest BCUT2D eigenvalue weighted by molar-refractivity contribution is 5.22. The molecule has 0 radical (unpaired) electrons. The standard InChI is InChI=1S/C11H13F2N/c12-8-4-5-9(10(13)6-8)11(14)7-2-1-3-7/h4-7,11H,1-3,14H2. The van der Waals surface area contributed by atoms with E-state index in [1.54, 1.807) is 0 Å². The molecule has 0 amide bonds. The lowest BCUT2D eigenvalue weighted by molar-refractivity contribution is 0.260. The third kappa shape index (κ3) is 1.64. The van der Waals surface area contributed by atoms with Gasteiger partial charge in [0.25, 0.3) is 0 Å². The van der Waals surface area contributed by atoms with Crippen molar-refractivity contribution in [2.75, 3.05) is 0 Å². The van der Waals surface area contributed by atoms with Crippen LogP contribution >= 0.6 is 0 Å². The topological polar surface area (TPSA) is 26.0 Å². The normalized spacial score (nSPS) is 19.1. The molecule has 14 heavy (non-hydrogen) atoms. The Kier molecular flexibility index (Phi) is 2.50. The van der Waals surface area contributed by atoms with E-state index >= 15 is 0 Å². The molecule has 1 nitrogen and oxygen atoms in total. The zero-order valence-electron chi connectivity index (χ0n) is 7.84. The van der Waals surface area contributed by atoms with E-state index in [0.29, 0.717) is 11.5 Å². The Labute approximate surface area is 81.9 Å². The van der Waals surface area contributed by atoms with E-state index in [2.05, 4.69) is 0 Å². The Bertz CT molecular complexity index is 334. The number of hydrogen-bond donors (Lipinski definition) is 1. The Morgan fingerprint density at radius 1 is 1.29 bits per heavy atom. The lowest BCUT2D eigenvalue weighted by Crippen LogP contribution is -2.27. The molecular weight excluding hydrogens is 184 g/mol. The molecule has 1 atom stereocenters. The highest BCUT2D eigenvalue weighted by Gasteiger charge is 2.27. The van der Waals surface area contributed by atoms with Crippen molar-refractivity contribution >= 4 is 0 Å². The van der Waals surface area contributed by atoms with Gasteiger partial charge in [-0.2, -0.15) is 0 Å². The van der Waals surface area contributed by atoms with E-state index in [-0.39, 0.29) is 6.04 Å². The molecule has 0 bridgehead atoms. The first-order valence-corrected chi connectivity index (χ1v) is 4.89. The summed E-state index contributed by atoms with van der Waals surface area (Å²) in [5.74, 6) is -0.702. The minimum absolute atomic E-state index is 0.274. The van der Waals surface area contributed by atoms with E-state index < -0.39 is 11.6 Å². The zero-order chi connectivity index (χ0) is 10.1. The van der Waals surface area contributed by atoms with Crippen LogP contribution in [0, 0.1) is 17.6 Å². The van der Waals surface area contributed by atoms with Gasteiger partial charge in [-0.1, -0.05) is 12.5 Å². The summed E-state index contributed by atoms with van der Waals surface area (Å²) >= 11 is 0. The second-order valence-corrected chi connectivity index (χ2v) is 3.88. The summed E-state index contributed by atoms with van der Waals surface area (Å²) in [6.07, 6.45) is 3.27. The lowest BCUT2D eigenvalue weighted by Gasteiger charge is -2.31. The predicted octanol–water partition coefficient (Wildman–Crippen LogP) is 2.76. The van der Waals surface area contributed by atoms with Crippen LogP contribution in [-0.4, -0.2) is 0 Å². The first-order chi connectivity index (χ1) is 6.68. The minimum Gasteiger partial charge on any atom is -0.324 e. The van der Waals surface area contributed by atoms with E-state index in [1.807, 2.05) is 0 Å². The molecule has 1 unspecified atom stereocenters. The van der Waals surface area contributed by atoms with Crippen molar-refractivity contribution in [3.63, 3.8) is 0 Å². The van der Waals surface area contributed by atoms with Crippen molar-refractivity contribution < 1.29 is 8.78 Å². The Morgan fingerprint density at radius 3 is 2.50 bits per heavy atom. The fourth-order valence-corrected chi connectivity index (χ4v) is 1.82. The average Bonchev–Trinajstić information content (AvgIpc) is 2.00. The molecule has 1 aliphatic carbocycles. The van der Waals surface area contributed by atoms with Crippen LogP contribution in [0.5, 0.6) is 0 Å². The summed E-state index contributed by atoms with van der Waals surface area (Å²) in [7, 11) is 0. The smallest absolute Gasteiger partial charge is 0.130 e. The quantitative estimate of drug-likeness (QED) is 0.775. The van der Waals surface area contributed by atoms with Crippen molar-refractivity contribution in [1.29, 1.82) is 0 Å². The summed E-state index contributed by atoms with van der Waals surface area (Å²) in [6.45, 7) is 0. The number of halogens is 2. The van der Waals surface area contributed by atoms with Crippen LogP contribution in [0.3, 0.4) is 0 Å². The van der Waals surface area contributed by atoms with Crippen LogP contribution in [-0.2, 0) is 0 Å². The largest absolute Gasteiger partial charge is 0.324 e. The SMILES string of the molecule is NC(c1ccc(F)cc1F)C1CCC1. The first kappa shape index (κ1) is 9.59. The van der Waals surface area contributed by atoms with Gasteiger partial charge in [0.1, 0.15) is 11.6 Å². The van der Waals surface area contributed by atoms with Gasteiger partial charge < -0.3 is 5.73 Å². The number of hydrogen-bond acceptors (Lipinski definition) is 1. The summed E-state index contributed by atoms with van der Waals surface area (Å²) in [5, 5.41) is 0. The summed E-state index contributed by atoms with van der Waals surface area (Å²) < 4.78 is 25.9. The van der Waals surface area contributed by atoms with Gasteiger partial charge in [-0.15, -0.1) is 0 Å². The van der Waals surface area contributed by atoms with Crippen LogP contribution in [0.25, 0.3) is 0 Å². The van der Waals surface area contributed by atoms with Crippen molar-refractivity contribution in [2.24, 2.45) is 11.7 Å². The van der Waals surface area contributed by atoms with Gasteiger partial charge >= 0.3 is 0 Å². The number of benzene rings is 1. The minimum atomic E-state index is -0.549. The van der Waals surface area contributed by atoms with Gasteiger partial charge in [-0.25, -0.2) is 8.78 Å². The molecule has 1 aromatic rings. The molecule has 0 heterocycles. The third-order valence-corrected chi connectivity index (χ3v) is 2.98. The van der Waals surface area contributed by atoms with E-state index in [0.717, 1.165) is 18.9 Å². The number of rotatable bonds is 2. The molecule has 0 aromatic heterocycles. The molecule has 1 aromatic carbocycles. The predicted molar refractivity (Wildman–Crippen MR) is 50.6 cm³/mol. The molecule has 1 fully saturated rings. The van der Waals surface area contributed by atoms with Gasteiger partial charge in [-0.3, -0.25) is 0 Å². The van der Waals surface area contributed by atoms with Gasteiger partial charge in [0.15, 0.2) is 0 Å². The van der Waals surface area contributed by atoms with Gasteiger partial charge in [-0.05, 0) is 24.8 Å². The Hall–Kier alpha value is -0.960. The van der Waals surface area contributed by atoms with Crippen molar-refractivity contribution in [3.05, 3.63) is 35.4 Å². The van der Waals surface area contributed by atoms with Crippen molar-refractivity contribution in [1.82, 2.24) is 0 Å². The molecule has 3 heteroatoms. The maximum Gasteiger partial charge on any atom is 0.130 e. The first-order valence-electron chi connectivity index (χ1n) is 4.89. The summed E-state index contributed by atoms with van der Waals surface area (Å²) in [6, 6.07) is 3.34. The van der Waals surface area contributed by atoms with E-state index in [1.165, 1.54) is 18.6 Å². The fourth-order valence-electron chi connectivity index (χ4n) is 1.82. The van der Waals surface area contributed by atoms with Crippen molar-refractivity contribution in [2.45, 2.75) is 25.3 Å². The molecule has 0 spiro atoms. The van der Waals surface area contributed by atoms with E-state index in [9.17, 15) is 8.78 Å². The van der Waals surface area contributed by atoms with Crippen LogP contribution in [0.15, 0.2) is 18.2 Å². The zero-order valence-corrected chi connectivity index (χ0v) is 7.84. The second kappa shape index (κ2) is 3.65. The van der Waals surface area contributed by atoms with Crippen LogP contribution in [0.2, 0.25) is 0 Å². The molecule has 1 saturated carbocycles. The summed E-state index contributed by atoms with van der Waals surface area (Å²) in [4.78, 5) is 0. The van der Waals surface area contributed by atoms with E-state index in [4.69, 9.17) is 5.73 Å². The van der Waals surface area contributed by atoms with Gasteiger partial charge in [0.05, 0.1) is 0 Å². The lowest BCUT2D eigenvalue weighted by atomic mass is 9.77. The Balaban J connectivity index is 2.22. The maximum atomic E-state index is 13.3. The van der Waals surface area contributed by atoms with Crippen LogP contribution < -0.4 is 5.73 Å². The highest BCUT2D eigenvalue weighted by atomic mass is 19.1. The monoisotopic (exact) mass is 197 g/mol. The maximum absolute atomic E-state index is 13.3. The molecule has 0 saturated heterocycles. The molecule has 76 valence electrons. The Morgan fingerprint density at radius 2 is 2.00 bits per heavy atom. The third-order valence-electron chi connectivity index (χ3n) is 2.98. The summed E-state index contributed by atoms with van der Waals surface area (Å²) in [5.41, 5.74) is 6.33. The molecule has 2 N–H and O–H groups in total. The van der Waals surface area contributed by atoms with Gasteiger partial charge in [0.2, 0.25) is 0 Å². The molecule has 0 aliphatic heterocycles. The van der Waals surface area contributed by atoms with Crippen LogP contribution in [0.1, 0.15) is 30.9 Å². The van der Waals surface area contributed by atoms with Gasteiger partial charge in [0, 0.05) is 17.7 Å². The fraction of sp³-hybridized carbons (Fsp3) is 0.455. The highest BCUT2D eigenvalue weighted by Crippen LogP contribution is 2.36. The average molecular weight is 197 g/mol. The second-order valence-electron chi connectivity index (χ2n) is 3.88. The molecular formula is C11H13F2N. The van der Waals surface area contributed by atoms with Crippen LogP contribution in [0.4, 0.5) is 8.78 Å². The van der Waals surface area contributed by atoms with Crippen molar-refractivity contribution in [3.8, 4) is 0 Å². The molecule has 2 rings (SSSR count). The molecule has 1 aliphatic rings. The number of nitrogens with two attached hydrogens (primary N) is 1.